The minimum atomic E-state index is -5.07. The lowest BCUT2D eigenvalue weighted by Crippen LogP contribution is -2.43. The Morgan fingerprint density at radius 3 is 2.35 bits per heavy atom. The number of anilines is 1. The molecule has 1 aliphatic heterocycles. The van der Waals surface area contributed by atoms with E-state index in [1.54, 1.807) is 0 Å². The summed E-state index contributed by atoms with van der Waals surface area (Å²) in [5.74, 6) is -1.80. The highest BCUT2D eigenvalue weighted by Crippen LogP contribution is 2.40. The molecule has 11 nitrogen and oxygen atoms in total. The largest absolute Gasteiger partial charge is 0.619 e. The van der Waals surface area contributed by atoms with Gasteiger partial charge in [0.25, 0.3) is 0 Å². The van der Waals surface area contributed by atoms with Crippen LogP contribution in [0.25, 0.3) is 0 Å². The topological polar surface area (TPSA) is 122 Å². The molecule has 5 rings (SSSR count). The van der Waals surface area contributed by atoms with Gasteiger partial charge in [-0.2, -0.15) is 26.7 Å². The summed E-state index contributed by atoms with van der Waals surface area (Å²) in [6.07, 6.45) is -2.41. The van der Waals surface area contributed by atoms with E-state index in [9.17, 15) is 40.4 Å². The number of rotatable bonds is 15. The van der Waals surface area contributed by atoms with E-state index in [1.165, 1.54) is 12.1 Å². The van der Waals surface area contributed by atoms with E-state index in [0.717, 1.165) is 54.0 Å². The van der Waals surface area contributed by atoms with Crippen LogP contribution in [0.4, 0.5) is 27.6 Å². The number of sulfonamides is 1. The van der Waals surface area contributed by atoms with Crippen LogP contribution >= 0.6 is 23.2 Å². The van der Waals surface area contributed by atoms with Gasteiger partial charge in [-0.3, -0.25) is 9.21 Å². The van der Waals surface area contributed by atoms with Gasteiger partial charge in [-0.1, -0.05) is 29.3 Å². The van der Waals surface area contributed by atoms with Gasteiger partial charge in [0.15, 0.2) is 23.9 Å². The summed E-state index contributed by atoms with van der Waals surface area (Å²) in [7, 11) is -4.05. The fraction of sp³-hybridized carbons (Fsp3) is 0.455. The van der Waals surface area contributed by atoms with Crippen LogP contribution in [0.5, 0.6) is 11.5 Å². The Hall–Kier alpha value is -3.64. The number of hydrogen-bond donors (Lipinski definition) is 0. The number of aromatic nitrogens is 1. The number of ether oxygens (including phenoxy) is 4. The van der Waals surface area contributed by atoms with Crippen molar-refractivity contribution in [3.8, 4) is 11.5 Å². The molecule has 2 fully saturated rings. The molecular weight excluding hydrogens is 764 g/mol. The lowest BCUT2D eigenvalue weighted by atomic mass is 10.0. The van der Waals surface area contributed by atoms with E-state index in [0.29, 0.717) is 37.1 Å². The average molecular weight is 799 g/mol. The summed E-state index contributed by atoms with van der Waals surface area (Å²) in [5, 5.41) is 11.6. The quantitative estimate of drug-likeness (QED) is 0.0758. The van der Waals surface area contributed by atoms with Crippen LogP contribution in [0.1, 0.15) is 46.0 Å². The van der Waals surface area contributed by atoms with E-state index in [-0.39, 0.29) is 64.0 Å². The zero-order chi connectivity index (χ0) is 37.8. The molecule has 2 heterocycles. The monoisotopic (exact) mass is 797 g/mol. The van der Waals surface area contributed by atoms with Crippen molar-refractivity contribution in [1.29, 1.82) is 0 Å². The highest BCUT2D eigenvalue weighted by molar-refractivity contribution is 7.92. The molecule has 1 aliphatic carbocycles. The molecule has 284 valence electrons. The number of carbonyl (C=O) groups excluding carboxylic acids is 1. The van der Waals surface area contributed by atoms with Gasteiger partial charge in [0.1, 0.15) is 16.1 Å². The second-order valence-electron chi connectivity index (χ2n) is 12.2. The molecule has 3 aromatic rings. The Balaban J connectivity index is 1.54. The Kier molecular flexibility index (Phi) is 12.6. The molecule has 1 aromatic heterocycles. The Morgan fingerprint density at radius 1 is 1.08 bits per heavy atom. The fourth-order valence-corrected chi connectivity index (χ4v) is 7.01. The molecule has 19 heteroatoms. The minimum Gasteiger partial charge on any atom is -0.619 e. The van der Waals surface area contributed by atoms with Gasteiger partial charge in [0.05, 0.1) is 42.9 Å². The van der Waals surface area contributed by atoms with Gasteiger partial charge in [0, 0.05) is 38.2 Å². The van der Waals surface area contributed by atoms with Gasteiger partial charge in [0.2, 0.25) is 10.0 Å². The van der Waals surface area contributed by atoms with Crippen molar-refractivity contribution < 1.29 is 58.8 Å². The van der Waals surface area contributed by atoms with Crippen molar-refractivity contribution in [2.24, 2.45) is 5.92 Å². The SMILES string of the molecule is CS(=O)(=O)N(CCN1CCOCC1)c1ccc(C(F)(F)F)c(C(=O)O[C@@H](Cc2c(Cl)c[n+]([O-])cc2Cl)c2ccc(OC(F)F)c(OCC3CC3)c2)c1. The first-order valence-corrected chi connectivity index (χ1v) is 18.6. The third kappa shape index (κ3) is 10.5. The van der Waals surface area contributed by atoms with E-state index >= 15 is 0 Å². The first-order chi connectivity index (χ1) is 24.5. The van der Waals surface area contributed by atoms with Gasteiger partial charge in [-0.05, 0) is 54.7 Å². The maximum Gasteiger partial charge on any atom is 0.417 e. The Bertz CT molecular complexity index is 1840. The smallest absolute Gasteiger partial charge is 0.417 e. The maximum atomic E-state index is 14.4. The van der Waals surface area contributed by atoms with Crippen LogP contribution in [0.2, 0.25) is 10.0 Å². The van der Waals surface area contributed by atoms with Gasteiger partial charge in [-0.25, -0.2) is 13.2 Å². The van der Waals surface area contributed by atoms with E-state index in [4.69, 9.17) is 37.4 Å². The van der Waals surface area contributed by atoms with Crippen LogP contribution in [-0.2, 0) is 32.1 Å². The number of alkyl halides is 5. The number of hydrogen-bond acceptors (Lipinski definition) is 9. The molecule has 52 heavy (non-hydrogen) atoms. The second kappa shape index (κ2) is 16.6. The van der Waals surface area contributed by atoms with Crippen LogP contribution in [0.3, 0.4) is 0 Å². The molecule has 2 aromatic carbocycles. The van der Waals surface area contributed by atoms with Crippen molar-refractivity contribution in [1.82, 2.24) is 4.90 Å². The predicted molar refractivity (Wildman–Crippen MR) is 179 cm³/mol. The number of halogens is 7. The van der Waals surface area contributed by atoms with Crippen LogP contribution in [0, 0.1) is 11.1 Å². The molecule has 0 radical (unpaired) electrons. The normalized spacial score (nSPS) is 16.1. The number of carbonyl (C=O) groups is 1. The Labute approximate surface area is 306 Å². The molecule has 0 N–H and O–H groups in total. The van der Waals surface area contributed by atoms with Crippen LogP contribution in [0.15, 0.2) is 48.8 Å². The average Bonchev–Trinajstić information content (AvgIpc) is 3.89. The second-order valence-corrected chi connectivity index (χ2v) is 15.0. The molecule has 1 saturated carbocycles. The highest BCUT2D eigenvalue weighted by Gasteiger charge is 2.38. The first kappa shape index (κ1) is 39.6. The standard InChI is InChI=1S/C33H34Cl2F5N3O8S/c1-52(46,47)43(9-8-41-10-12-48-13-11-41)22-5-6-25(33(38,39)40)23(15-22)31(44)50-29(16-24-26(34)17-42(45)18-27(24)35)21-4-7-28(51-32(36)37)30(14-21)49-19-20-2-3-20/h4-7,14-15,17-18,20,29,32H,2-3,8-13,16,19H2,1H3/t29-/m0/s1. The number of benzene rings is 2. The van der Waals surface area contributed by atoms with Crippen LogP contribution < -0.4 is 18.5 Å². The van der Waals surface area contributed by atoms with Crippen LogP contribution in [-0.4, -0.2) is 78.2 Å². The highest BCUT2D eigenvalue weighted by atomic mass is 35.5. The van der Waals surface area contributed by atoms with Crippen molar-refractivity contribution in [2.75, 3.05) is 56.6 Å². The van der Waals surface area contributed by atoms with Gasteiger partial charge in [-0.15, -0.1) is 0 Å². The molecule has 1 saturated heterocycles. The van der Waals surface area contributed by atoms with Gasteiger partial charge < -0.3 is 24.2 Å². The summed E-state index contributed by atoms with van der Waals surface area (Å²) < 4.78 is 118. The third-order valence-corrected chi connectivity index (χ3v) is 10.2. The van der Waals surface area contributed by atoms with Crippen molar-refractivity contribution in [3.05, 3.63) is 86.3 Å². The number of esters is 1. The maximum absolute atomic E-state index is 14.4. The third-order valence-electron chi connectivity index (χ3n) is 8.36. The number of pyridine rings is 1. The summed E-state index contributed by atoms with van der Waals surface area (Å²) in [5.41, 5.74) is -2.47. The van der Waals surface area contributed by atoms with E-state index < -0.39 is 52.4 Å². The lowest BCUT2D eigenvalue weighted by Gasteiger charge is -2.30. The predicted octanol–water partition coefficient (Wildman–Crippen LogP) is 6.27. The molecule has 2 aliphatic rings. The number of morpholine rings is 1. The summed E-state index contributed by atoms with van der Waals surface area (Å²) >= 11 is 12.6. The fourth-order valence-electron chi connectivity index (χ4n) is 5.50. The van der Waals surface area contributed by atoms with Crippen molar-refractivity contribution in [3.63, 3.8) is 0 Å². The minimum absolute atomic E-state index is 0.0692. The summed E-state index contributed by atoms with van der Waals surface area (Å²) in [4.78, 5) is 15.8. The van der Waals surface area contributed by atoms with Gasteiger partial charge >= 0.3 is 18.8 Å². The molecule has 0 amide bonds. The van der Waals surface area contributed by atoms with E-state index in [1.807, 2.05) is 4.90 Å². The molecule has 0 bridgehead atoms. The molecular formula is C33H34Cl2F5N3O8S. The first-order valence-electron chi connectivity index (χ1n) is 16.0. The zero-order valence-electron chi connectivity index (χ0n) is 27.6. The molecule has 0 spiro atoms. The number of nitrogens with zero attached hydrogens (tertiary/aromatic N) is 3. The molecule has 0 unspecified atom stereocenters. The zero-order valence-corrected chi connectivity index (χ0v) is 29.9. The molecule has 1 atom stereocenters. The van der Waals surface area contributed by atoms with E-state index in [2.05, 4.69) is 4.74 Å². The Morgan fingerprint density at radius 2 is 1.75 bits per heavy atom. The van der Waals surface area contributed by atoms with Crippen molar-refractivity contribution >= 4 is 44.9 Å². The summed E-state index contributed by atoms with van der Waals surface area (Å²) in [6.45, 7) is -1.03. The van der Waals surface area contributed by atoms with Crippen molar-refractivity contribution in [2.45, 2.75) is 38.2 Å². The summed E-state index contributed by atoms with van der Waals surface area (Å²) in [6, 6.07) is 5.95. The lowest BCUT2D eigenvalue weighted by molar-refractivity contribution is -0.605.